The van der Waals surface area contributed by atoms with Gasteiger partial charge in [0.2, 0.25) is 0 Å². The van der Waals surface area contributed by atoms with Crippen molar-refractivity contribution in [3.63, 3.8) is 0 Å². The van der Waals surface area contributed by atoms with E-state index in [9.17, 15) is 4.79 Å². The molecule has 0 bridgehead atoms. The van der Waals surface area contributed by atoms with Crippen LogP contribution in [0.1, 0.15) is 35.4 Å². The number of hydrogen-bond acceptors (Lipinski definition) is 3. The molecule has 3 N–H and O–H groups in total. The molecule has 1 saturated carbocycles. The summed E-state index contributed by atoms with van der Waals surface area (Å²) in [6, 6.07) is 4.02. The quantitative estimate of drug-likeness (QED) is 0.804. The van der Waals surface area contributed by atoms with E-state index >= 15 is 0 Å². The smallest absolute Gasteiger partial charge is 0.261 e. The van der Waals surface area contributed by atoms with E-state index < -0.39 is 0 Å². The molecule has 82 valence electrons. The Morgan fingerprint density at radius 3 is 2.93 bits per heavy atom. The lowest BCUT2D eigenvalue weighted by Gasteiger charge is -2.29. The average Bonchev–Trinajstić information content (AvgIpc) is 2.74. The lowest BCUT2D eigenvalue weighted by molar-refractivity contribution is 0.0925. The first-order valence-electron chi connectivity index (χ1n) is 5.37. The van der Waals surface area contributed by atoms with E-state index in [1.807, 2.05) is 17.5 Å². The molecule has 1 aromatic heterocycles. The first-order chi connectivity index (χ1) is 7.27. The van der Waals surface area contributed by atoms with E-state index in [1.165, 1.54) is 24.2 Å². The summed E-state index contributed by atoms with van der Waals surface area (Å²) in [5, 5.41) is 4.93. The fourth-order valence-corrected chi connectivity index (χ4v) is 2.61. The highest BCUT2D eigenvalue weighted by Crippen LogP contribution is 2.18. The molecular formula is C11H16N2OS. The van der Waals surface area contributed by atoms with Gasteiger partial charge in [0.1, 0.15) is 0 Å². The second kappa shape index (κ2) is 4.77. The summed E-state index contributed by atoms with van der Waals surface area (Å²) in [4.78, 5) is 12.5. The van der Waals surface area contributed by atoms with Crippen LogP contribution in [-0.4, -0.2) is 18.0 Å². The molecule has 1 fully saturated rings. The van der Waals surface area contributed by atoms with E-state index in [0.717, 1.165) is 17.7 Å². The van der Waals surface area contributed by atoms with Gasteiger partial charge in [-0.2, -0.15) is 0 Å². The van der Waals surface area contributed by atoms with Gasteiger partial charge >= 0.3 is 0 Å². The highest BCUT2D eigenvalue weighted by molar-refractivity contribution is 7.12. The van der Waals surface area contributed by atoms with Crippen LogP contribution < -0.4 is 11.1 Å². The SMILES string of the molecule is N[C@H]1CCCC[C@@H]1NC(=O)c1cccs1. The van der Waals surface area contributed by atoms with Crippen LogP contribution in [0.2, 0.25) is 0 Å². The molecular weight excluding hydrogens is 208 g/mol. The lowest BCUT2D eigenvalue weighted by atomic mass is 9.91. The van der Waals surface area contributed by atoms with Crippen molar-refractivity contribution in [2.45, 2.75) is 37.8 Å². The molecule has 1 aromatic rings. The summed E-state index contributed by atoms with van der Waals surface area (Å²) in [5.41, 5.74) is 5.97. The molecule has 0 unspecified atom stereocenters. The van der Waals surface area contributed by atoms with E-state index in [2.05, 4.69) is 5.32 Å². The molecule has 0 radical (unpaired) electrons. The third-order valence-electron chi connectivity index (χ3n) is 2.88. The van der Waals surface area contributed by atoms with Crippen LogP contribution in [0.4, 0.5) is 0 Å². The van der Waals surface area contributed by atoms with Gasteiger partial charge in [0.15, 0.2) is 0 Å². The maximum Gasteiger partial charge on any atom is 0.261 e. The molecule has 2 rings (SSSR count). The summed E-state index contributed by atoms with van der Waals surface area (Å²) in [7, 11) is 0. The molecule has 0 aliphatic heterocycles. The second-order valence-electron chi connectivity index (χ2n) is 4.01. The van der Waals surface area contributed by atoms with Crippen molar-refractivity contribution in [2.75, 3.05) is 0 Å². The summed E-state index contributed by atoms with van der Waals surface area (Å²) in [6.07, 6.45) is 4.39. The van der Waals surface area contributed by atoms with Crippen molar-refractivity contribution in [1.29, 1.82) is 0 Å². The minimum Gasteiger partial charge on any atom is -0.347 e. The van der Waals surface area contributed by atoms with Crippen LogP contribution >= 0.6 is 11.3 Å². The number of carbonyl (C=O) groups is 1. The zero-order chi connectivity index (χ0) is 10.7. The molecule has 0 aromatic carbocycles. The van der Waals surface area contributed by atoms with Gasteiger partial charge < -0.3 is 11.1 Å². The number of carbonyl (C=O) groups excluding carboxylic acids is 1. The number of nitrogens with one attached hydrogen (secondary N) is 1. The second-order valence-corrected chi connectivity index (χ2v) is 4.95. The van der Waals surface area contributed by atoms with Crippen molar-refractivity contribution < 1.29 is 4.79 Å². The molecule has 1 aliphatic carbocycles. The van der Waals surface area contributed by atoms with Gasteiger partial charge in [-0.25, -0.2) is 0 Å². The van der Waals surface area contributed by atoms with E-state index in [1.54, 1.807) is 0 Å². The number of amides is 1. The van der Waals surface area contributed by atoms with Gasteiger partial charge in [-0.1, -0.05) is 18.9 Å². The first kappa shape index (κ1) is 10.6. The maximum absolute atomic E-state index is 11.8. The van der Waals surface area contributed by atoms with Crippen molar-refractivity contribution in [3.8, 4) is 0 Å². The summed E-state index contributed by atoms with van der Waals surface area (Å²) < 4.78 is 0. The first-order valence-corrected chi connectivity index (χ1v) is 6.25. The molecule has 0 saturated heterocycles. The zero-order valence-corrected chi connectivity index (χ0v) is 9.43. The van der Waals surface area contributed by atoms with Crippen LogP contribution in [-0.2, 0) is 0 Å². The normalized spacial score (nSPS) is 26.2. The highest BCUT2D eigenvalue weighted by Gasteiger charge is 2.23. The van der Waals surface area contributed by atoms with Gasteiger partial charge in [0, 0.05) is 12.1 Å². The highest BCUT2D eigenvalue weighted by atomic mass is 32.1. The maximum atomic E-state index is 11.8. The average molecular weight is 224 g/mol. The van der Waals surface area contributed by atoms with E-state index in [4.69, 9.17) is 5.73 Å². The van der Waals surface area contributed by atoms with Crippen molar-refractivity contribution >= 4 is 17.2 Å². The van der Waals surface area contributed by atoms with Crippen molar-refractivity contribution in [1.82, 2.24) is 5.32 Å². The van der Waals surface area contributed by atoms with E-state index in [0.29, 0.717) is 0 Å². The van der Waals surface area contributed by atoms with Crippen molar-refractivity contribution in [3.05, 3.63) is 22.4 Å². The third kappa shape index (κ3) is 2.58. The Bertz CT molecular complexity index is 323. The fraction of sp³-hybridized carbons (Fsp3) is 0.545. The van der Waals surface area contributed by atoms with Crippen LogP contribution in [0.3, 0.4) is 0 Å². The molecule has 1 heterocycles. The van der Waals surface area contributed by atoms with Crippen LogP contribution in [0.5, 0.6) is 0 Å². The predicted octanol–water partition coefficient (Wildman–Crippen LogP) is 1.75. The largest absolute Gasteiger partial charge is 0.347 e. The Kier molecular flexibility index (Phi) is 3.38. The van der Waals surface area contributed by atoms with Gasteiger partial charge in [-0.05, 0) is 24.3 Å². The minimum atomic E-state index is 0.0207. The number of rotatable bonds is 2. The summed E-state index contributed by atoms with van der Waals surface area (Å²) in [6.45, 7) is 0. The Hall–Kier alpha value is -0.870. The van der Waals surface area contributed by atoms with Gasteiger partial charge in [0.25, 0.3) is 5.91 Å². The predicted molar refractivity (Wildman–Crippen MR) is 62.0 cm³/mol. The molecule has 0 spiro atoms. The molecule has 1 amide bonds. The summed E-state index contributed by atoms with van der Waals surface area (Å²) in [5.74, 6) is 0.0207. The van der Waals surface area contributed by atoms with Crippen LogP contribution in [0.25, 0.3) is 0 Å². The van der Waals surface area contributed by atoms with Gasteiger partial charge in [-0.3, -0.25) is 4.79 Å². The third-order valence-corrected chi connectivity index (χ3v) is 3.75. The Morgan fingerprint density at radius 1 is 1.47 bits per heavy atom. The lowest BCUT2D eigenvalue weighted by Crippen LogP contribution is -2.49. The number of hydrogen-bond donors (Lipinski definition) is 2. The molecule has 1 aliphatic rings. The molecule has 15 heavy (non-hydrogen) atoms. The Morgan fingerprint density at radius 2 is 2.27 bits per heavy atom. The van der Waals surface area contributed by atoms with Crippen LogP contribution in [0, 0.1) is 0 Å². The Balaban J connectivity index is 1.93. The zero-order valence-electron chi connectivity index (χ0n) is 8.61. The topological polar surface area (TPSA) is 55.1 Å². The number of nitrogens with two attached hydrogens (primary N) is 1. The molecule has 3 nitrogen and oxygen atoms in total. The molecule has 4 heteroatoms. The van der Waals surface area contributed by atoms with Gasteiger partial charge in [0.05, 0.1) is 4.88 Å². The number of thiophene rings is 1. The Labute approximate surface area is 93.7 Å². The fourth-order valence-electron chi connectivity index (χ4n) is 1.99. The van der Waals surface area contributed by atoms with Gasteiger partial charge in [-0.15, -0.1) is 11.3 Å². The van der Waals surface area contributed by atoms with E-state index in [-0.39, 0.29) is 18.0 Å². The minimum absolute atomic E-state index is 0.0207. The molecule has 2 atom stereocenters. The standard InChI is InChI=1S/C11H16N2OS/c12-8-4-1-2-5-9(8)13-11(14)10-6-3-7-15-10/h3,6-9H,1-2,4-5,12H2,(H,13,14)/t8-,9-/m0/s1. The monoisotopic (exact) mass is 224 g/mol. The van der Waals surface area contributed by atoms with Crippen LogP contribution in [0.15, 0.2) is 17.5 Å². The van der Waals surface area contributed by atoms with Crippen molar-refractivity contribution in [2.24, 2.45) is 5.73 Å². The summed E-state index contributed by atoms with van der Waals surface area (Å²) >= 11 is 1.47.